The van der Waals surface area contributed by atoms with Gasteiger partial charge in [0.15, 0.2) is 0 Å². The third kappa shape index (κ3) is 2.52. The van der Waals surface area contributed by atoms with Crippen molar-refractivity contribution in [2.24, 2.45) is 0 Å². The minimum absolute atomic E-state index is 0.0671. The Bertz CT molecular complexity index is 318. The minimum Gasteiger partial charge on any atom is -0.339 e. The van der Waals surface area contributed by atoms with Crippen LogP contribution in [0.1, 0.15) is 36.0 Å². The first-order valence-electron chi connectivity index (χ1n) is 5.42. The van der Waals surface area contributed by atoms with Crippen LogP contribution >= 0.6 is 0 Å². The Labute approximate surface area is 89.3 Å². The Hall–Kier alpha value is -1.45. The molecule has 0 unspecified atom stereocenters. The number of amides is 1. The van der Waals surface area contributed by atoms with Crippen molar-refractivity contribution in [3.8, 4) is 0 Å². The number of aromatic nitrogens is 2. The Morgan fingerprint density at radius 1 is 1.07 bits per heavy atom. The summed E-state index contributed by atoms with van der Waals surface area (Å²) in [5, 5.41) is 0. The van der Waals surface area contributed by atoms with Crippen molar-refractivity contribution in [2.75, 3.05) is 13.1 Å². The van der Waals surface area contributed by atoms with Crippen LogP contribution in [0.4, 0.5) is 0 Å². The van der Waals surface area contributed by atoms with Gasteiger partial charge in [-0.1, -0.05) is 12.8 Å². The highest BCUT2D eigenvalue weighted by Gasteiger charge is 2.17. The van der Waals surface area contributed by atoms with Crippen molar-refractivity contribution in [3.63, 3.8) is 0 Å². The Morgan fingerprint density at radius 2 is 1.67 bits per heavy atom. The van der Waals surface area contributed by atoms with E-state index in [4.69, 9.17) is 0 Å². The molecule has 1 saturated heterocycles. The lowest BCUT2D eigenvalue weighted by Gasteiger charge is -2.19. The molecular weight excluding hydrogens is 190 g/mol. The second kappa shape index (κ2) is 4.87. The van der Waals surface area contributed by atoms with Crippen molar-refractivity contribution in [3.05, 3.63) is 24.3 Å². The first kappa shape index (κ1) is 10.1. The number of hydrogen-bond acceptors (Lipinski definition) is 3. The first-order valence-corrected chi connectivity index (χ1v) is 5.42. The van der Waals surface area contributed by atoms with Crippen LogP contribution in [0.15, 0.2) is 18.7 Å². The van der Waals surface area contributed by atoms with E-state index in [-0.39, 0.29) is 5.91 Å². The molecule has 0 atom stereocenters. The third-order valence-corrected chi connectivity index (χ3v) is 2.70. The molecule has 1 amide bonds. The van der Waals surface area contributed by atoms with E-state index in [1.165, 1.54) is 19.2 Å². The lowest BCUT2D eigenvalue weighted by Crippen LogP contribution is -2.31. The first-order chi connectivity index (χ1) is 7.38. The number of hydrogen-bond donors (Lipinski definition) is 0. The van der Waals surface area contributed by atoms with Crippen LogP contribution in [-0.2, 0) is 0 Å². The van der Waals surface area contributed by atoms with Crippen LogP contribution in [0.25, 0.3) is 0 Å². The summed E-state index contributed by atoms with van der Waals surface area (Å²) in [7, 11) is 0. The largest absolute Gasteiger partial charge is 0.339 e. The number of nitrogens with zero attached hydrogens (tertiary/aromatic N) is 3. The van der Waals surface area contributed by atoms with Crippen LogP contribution in [-0.4, -0.2) is 33.9 Å². The normalized spacial score (nSPS) is 17.2. The van der Waals surface area contributed by atoms with Crippen LogP contribution < -0.4 is 0 Å². The van der Waals surface area contributed by atoms with Gasteiger partial charge in [-0.25, -0.2) is 9.97 Å². The van der Waals surface area contributed by atoms with E-state index in [2.05, 4.69) is 9.97 Å². The molecule has 0 aromatic carbocycles. The van der Waals surface area contributed by atoms with Crippen molar-refractivity contribution in [1.82, 2.24) is 14.9 Å². The van der Waals surface area contributed by atoms with Gasteiger partial charge in [0.2, 0.25) is 0 Å². The molecule has 4 nitrogen and oxygen atoms in total. The average Bonchev–Trinajstić information content (AvgIpc) is 2.58. The second-order valence-corrected chi connectivity index (χ2v) is 3.83. The standard InChI is InChI=1S/C11H15N3O/c15-11(10-7-12-9-13-8-10)14-5-3-1-2-4-6-14/h7-9H,1-6H2. The number of rotatable bonds is 1. The molecule has 2 rings (SSSR count). The molecule has 1 aliphatic rings. The van der Waals surface area contributed by atoms with E-state index in [0.717, 1.165) is 25.9 Å². The van der Waals surface area contributed by atoms with Crippen molar-refractivity contribution >= 4 is 5.91 Å². The summed E-state index contributed by atoms with van der Waals surface area (Å²) in [6, 6.07) is 0. The van der Waals surface area contributed by atoms with Gasteiger partial charge in [-0.15, -0.1) is 0 Å². The molecule has 0 N–H and O–H groups in total. The van der Waals surface area contributed by atoms with Gasteiger partial charge >= 0.3 is 0 Å². The Morgan fingerprint density at radius 3 is 2.27 bits per heavy atom. The van der Waals surface area contributed by atoms with Crippen LogP contribution in [0.2, 0.25) is 0 Å². The second-order valence-electron chi connectivity index (χ2n) is 3.83. The topological polar surface area (TPSA) is 46.1 Å². The summed E-state index contributed by atoms with van der Waals surface area (Å²) in [6.07, 6.45) is 9.29. The highest BCUT2D eigenvalue weighted by Crippen LogP contribution is 2.12. The van der Waals surface area contributed by atoms with Gasteiger partial charge in [0.1, 0.15) is 6.33 Å². The van der Waals surface area contributed by atoms with Gasteiger partial charge in [-0.3, -0.25) is 4.79 Å². The van der Waals surface area contributed by atoms with Crippen LogP contribution in [0, 0.1) is 0 Å². The zero-order chi connectivity index (χ0) is 10.5. The predicted molar refractivity (Wildman–Crippen MR) is 56.4 cm³/mol. The Balaban J connectivity index is 2.06. The molecule has 1 fully saturated rings. The van der Waals surface area contributed by atoms with Gasteiger partial charge in [0, 0.05) is 25.5 Å². The molecule has 0 bridgehead atoms. The minimum atomic E-state index is 0.0671. The summed E-state index contributed by atoms with van der Waals surface area (Å²) in [4.78, 5) is 21.6. The third-order valence-electron chi connectivity index (χ3n) is 2.70. The summed E-state index contributed by atoms with van der Waals surface area (Å²) in [5.74, 6) is 0.0671. The van der Waals surface area contributed by atoms with Gasteiger partial charge < -0.3 is 4.90 Å². The van der Waals surface area contributed by atoms with E-state index >= 15 is 0 Å². The quantitative estimate of drug-likeness (QED) is 0.697. The predicted octanol–water partition coefficient (Wildman–Crippen LogP) is 1.49. The summed E-state index contributed by atoms with van der Waals surface area (Å²) >= 11 is 0. The van der Waals surface area contributed by atoms with Gasteiger partial charge in [0.25, 0.3) is 5.91 Å². The van der Waals surface area contributed by atoms with E-state index in [1.807, 2.05) is 4.90 Å². The van der Waals surface area contributed by atoms with Crippen LogP contribution in [0.3, 0.4) is 0 Å². The summed E-state index contributed by atoms with van der Waals surface area (Å²) in [6.45, 7) is 1.74. The molecule has 0 spiro atoms. The number of carbonyl (C=O) groups excluding carboxylic acids is 1. The zero-order valence-electron chi connectivity index (χ0n) is 8.72. The molecule has 1 aromatic rings. The van der Waals surface area contributed by atoms with Crippen LogP contribution in [0.5, 0.6) is 0 Å². The monoisotopic (exact) mass is 205 g/mol. The molecule has 2 heterocycles. The van der Waals surface area contributed by atoms with Crippen molar-refractivity contribution in [2.45, 2.75) is 25.7 Å². The fourth-order valence-electron chi connectivity index (χ4n) is 1.87. The molecule has 0 radical (unpaired) electrons. The molecule has 0 saturated carbocycles. The van der Waals surface area contributed by atoms with E-state index in [0.29, 0.717) is 5.56 Å². The molecular formula is C11H15N3O. The summed E-state index contributed by atoms with van der Waals surface area (Å²) in [5.41, 5.74) is 0.597. The molecule has 4 heteroatoms. The van der Waals surface area contributed by atoms with Gasteiger partial charge in [-0.05, 0) is 12.8 Å². The van der Waals surface area contributed by atoms with Crippen molar-refractivity contribution in [1.29, 1.82) is 0 Å². The smallest absolute Gasteiger partial charge is 0.256 e. The fraction of sp³-hybridized carbons (Fsp3) is 0.545. The molecule has 0 aliphatic carbocycles. The SMILES string of the molecule is O=C(c1cncnc1)N1CCCCCC1. The molecule has 1 aliphatic heterocycles. The Kier molecular flexibility index (Phi) is 3.27. The molecule has 80 valence electrons. The van der Waals surface area contributed by atoms with Gasteiger partial charge in [-0.2, -0.15) is 0 Å². The highest BCUT2D eigenvalue weighted by atomic mass is 16.2. The maximum absolute atomic E-state index is 12.0. The summed E-state index contributed by atoms with van der Waals surface area (Å²) < 4.78 is 0. The van der Waals surface area contributed by atoms with E-state index in [9.17, 15) is 4.79 Å². The fourth-order valence-corrected chi connectivity index (χ4v) is 1.87. The van der Waals surface area contributed by atoms with E-state index < -0.39 is 0 Å². The maximum atomic E-state index is 12.0. The van der Waals surface area contributed by atoms with Gasteiger partial charge in [0.05, 0.1) is 5.56 Å². The number of likely N-dealkylation sites (tertiary alicyclic amines) is 1. The maximum Gasteiger partial charge on any atom is 0.256 e. The lowest BCUT2D eigenvalue weighted by molar-refractivity contribution is 0.0761. The molecule has 1 aromatic heterocycles. The highest BCUT2D eigenvalue weighted by molar-refractivity contribution is 5.93. The lowest BCUT2D eigenvalue weighted by atomic mass is 10.2. The van der Waals surface area contributed by atoms with Crippen molar-refractivity contribution < 1.29 is 4.79 Å². The zero-order valence-corrected chi connectivity index (χ0v) is 8.72. The number of carbonyl (C=O) groups is 1. The average molecular weight is 205 g/mol. The molecule has 15 heavy (non-hydrogen) atoms. The van der Waals surface area contributed by atoms with E-state index in [1.54, 1.807) is 12.4 Å².